The molecule has 1 aliphatic rings. The van der Waals surface area contributed by atoms with E-state index in [-0.39, 0.29) is 0 Å². The van der Waals surface area contributed by atoms with E-state index >= 15 is 0 Å². The number of benzene rings is 1. The van der Waals surface area contributed by atoms with Crippen molar-refractivity contribution in [3.8, 4) is 0 Å². The van der Waals surface area contributed by atoms with E-state index in [4.69, 9.17) is 0 Å². The van der Waals surface area contributed by atoms with Crippen LogP contribution in [0, 0.1) is 6.92 Å². The van der Waals surface area contributed by atoms with Gasteiger partial charge in [-0.1, -0.05) is 12.1 Å². The summed E-state index contributed by atoms with van der Waals surface area (Å²) in [6, 6.07) is 10.6. The third-order valence-corrected chi connectivity index (χ3v) is 4.81. The van der Waals surface area contributed by atoms with Gasteiger partial charge < -0.3 is 4.90 Å². The Balaban J connectivity index is 1.48. The standard InChI is InChI=1S/C20H23N5/c1-16-14-18(6-7-21-16)25-11-3-10-24(12-13-25)15-17-4-2-5-19-20(17)23-9-8-22-19/h2,4-9,14H,3,10-13,15H2,1H3. The molecule has 5 nitrogen and oxygen atoms in total. The van der Waals surface area contributed by atoms with Crippen molar-refractivity contribution >= 4 is 16.7 Å². The number of para-hydroxylation sites is 1. The van der Waals surface area contributed by atoms with Crippen LogP contribution < -0.4 is 4.90 Å². The zero-order chi connectivity index (χ0) is 17.1. The Kier molecular flexibility index (Phi) is 4.57. The highest BCUT2D eigenvalue weighted by Gasteiger charge is 2.16. The number of hydrogen-bond acceptors (Lipinski definition) is 5. The van der Waals surface area contributed by atoms with Crippen LogP contribution in [0.4, 0.5) is 5.69 Å². The van der Waals surface area contributed by atoms with Crippen LogP contribution in [0.25, 0.3) is 11.0 Å². The predicted molar refractivity (Wildman–Crippen MR) is 101 cm³/mol. The van der Waals surface area contributed by atoms with Gasteiger partial charge in [0.05, 0.1) is 11.0 Å². The molecule has 25 heavy (non-hydrogen) atoms. The van der Waals surface area contributed by atoms with E-state index in [1.165, 1.54) is 11.3 Å². The maximum Gasteiger partial charge on any atom is 0.0931 e. The van der Waals surface area contributed by atoms with Crippen LogP contribution in [-0.2, 0) is 6.54 Å². The summed E-state index contributed by atoms with van der Waals surface area (Å²) in [5.74, 6) is 0. The van der Waals surface area contributed by atoms with Gasteiger partial charge in [-0.25, -0.2) is 0 Å². The second-order valence-electron chi connectivity index (χ2n) is 6.61. The average molecular weight is 333 g/mol. The first-order valence-corrected chi connectivity index (χ1v) is 8.88. The first-order chi connectivity index (χ1) is 12.3. The molecule has 5 heteroatoms. The second-order valence-corrected chi connectivity index (χ2v) is 6.61. The van der Waals surface area contributed by atoms with Crippen molar-refractivity contribution in [2.75, 3.05) is 31.1 Å². The largest absolute Gasteiger partial charge is 0.370 e. The zero-order valence-electron chi connectivity index (χ0n) is 14.6. The van der Waals surface area contributed by atoms with Gasteiger partial charge in [-0.05, 0) is 37.1 Å². The molecule has 0 saturated carbocycles. The molecule has 0 bridgehead atoms. The normalized spacial score (nSPS) is 16.1. The van der Waals surface area contributed by atoms with Crippen molar-refractivity contribution in [1.82, 2.24) is 19.9 Å². The van der Waals surface area contributed by atoms with E-state index < -0.39 is 0 Å². The molecule has 4 rings (SSSR count). The molecule has 1 saturated heterocycles. The first-order valence-electron chi connectivity index (χ1n) is 8.88. The zero-order valence-corrected chi connectivity index (χ0v) is 14.6. The van der Waals surface area contributed by atoms with Crippen LogP contribution in [0.1, 0.15) is 17.7 Å². The van der Waals surface area contributed by atoms with Gasteiger partial charge in [0.1, 0.15) is 0 Å². The minimum atomic E-state index is 0.930. The van der Waals surface area contributed by atoms with E-state index in [1.807, 2.05) is 12.3 Å². The number of anilines is 1. The molecule has 3 heterocycles. The van der Waals surface area contributed by atoms with Gasteiger partial charge in [-0.2, -0.15) is 0 Å². The van der Waals surface area contributed by atoms with Crippen molar-refractivity contribution in [3.05, 3.63) is 60.2 Å². The fourth-order valence-corrected chi connectivity index (χ4v) is 3.54. The smallest absolute Gasteiger partial charge is 0.0931 e. The Morgan fingerprint density at radius 2 is 1.84 bits per heavy atom. The number of fused-ring (bicyclic) bond motifs is 1. The van der Waals surface area contributed by atoms with E-state index in [9.17, 15) is 0 Å². The first kappa shape index (κ1) is 16.0. The molecule has 0 aliphatic carbocycles. The number of rotatable bonds is 3. The SMILES string of the molecule is Cc1cc(N2CCCN(Cc3cccc4nccnc34)CC2)ccn1. The van der Waals surface area contributed by atoms with Gasteiger partial charge in [0.25, 0.3) is 0 Å². The lowest BCUT2D eigenvalue weighted by atomic mass is 10.1. The van der Waals surface area contributed by atoms with Crippen LogP contribution in [0.5, 0.6) is 0 Å². The molecule has 0 unspecified atom stereocenters. The topological polar surface area (TPSA) is 45.2 Å². The summed E-state index contributed by atoms with van der Waals surface area (Å²) in [7, 11) is 0. The highest BCUT2D eigenvalue weighted by Crippen LogP contribution is 2.19. The summed E-state index contributed by atoms with van der Waals surface area (Å²) >= 11 is 0. The highest BCUT2D eigenvalue weighted by molar-refractivity contribution is 5.77. The number of aromatic nitrogens is 3. The molecule has 2 aromatic heterocycles. The predicted octanol–water partition coefficient (Wildman–Crippen LogP) is 3.05. The summed E-state index contributed by atoms with van der Waals surface area (Å²) in [5.41, 5.74) is 5.62. The maximum atomic E-state index is 4.54. The third-order valence-electron chi connectivity index (χ3n) is 4.81. The average Bonchev–Trinajstić information content (AvgIpc) is 2.88. The summed E-state index contributed by atoms with van der Waals surface area (Å²) in [6.07, 6.45) is 6.61. The Labute approximate surface area is 148 Å². The van der Waals surface area contributed by atoms with Gasteiger partial charge >= 0.3 is 0 Å². The molecule has 0 N–H and O–H groups in total. The van der Waals surface area contributed by atoms with E-state index in [1.54, 1.807) is 12.4 Å². The van der Waals surface area contributed by atoms with Gasteiger partial charge in [0, 0.05) is 62.7 Å². The summed E-state index contributed by atoms with van der Waals surface area (Å²) in [4.78, 5) is 18.3. The molecule has 128 valence electrons. The highest BCUT2D eigenvalue weighted by atomic mass is 15.2. The summed E-state index contributed by atoms with van der Waals surface area (Å²) in [5, 5.41) is 0. The van der Waals surface area contributed by atoms with Gasteiger partial charge in [-0.3, -0.25) is 19.9 Å². The number of aryl methyl sites for hydroxylation is 1. The van der Waals surface area contributed by atoms with Crippen molar-refractivity contribution in [2.24, 2.45) is 0 Å². The third kappa shape index (κ3) is 3.61. The number of pyridine rings is 1. The second kappa shape index (κ2) is 7.15. The van der Waals surface area contributed by atoms with Crippen molar-refractivity contribution < 1.29 is 0 Å². The van der Waals surface area contributed by atoms with Crippen molar-refractivity contribution in [1.29, 1.82) is 0 Å². The molecule has 0 radical (unpaired) electrons. The minimum Gasteiger partial charge on any atom is -0.370 e. The van der Waals surface area contributed by atoms with E-state index in [0.717, 1.165) is 55.9 Å². The molecule has 3 aromatic rings. The lowest BCUT2D eigenvalue weighted by Gasteiger charge is -2.24. The molecule has 0 amide bonds. The number of nitrogens with zero attached hydrogens (tertiary/aromatic N) is 5. The Morgan fingerprint density at radius 1 is 0.920 bits per heavy atom. The maximum absolute atomic E-state index is 4.54. The van der Waals surface area contributed by atoms with Crippen LogP contribution in [0.2, 0.25) is 0 Å². The van der Waals surface area contributed by atoms with Gasteiger partial charge in [-0.15, -0.1) is 0 Å². The Morgan fingerprint density at radius 3 is 2.76 bits per heavy atom. The fourth-order valence-electron chi connectivity index (χ4n) is 3.54. The molecule has 0 atom stereocenters. The van der Waals surface area contributed by atoms with Crippen LogP contribution in [0.15, 0.2) is 48.9 Å². The molecular weight excluding hydrogens is 310 g/mol. The van der Waals surface area contributed by atoms with E-state index in [0.29, 0.717) is 0 Å². The van der Waals surface area contributed by atoms with Crippen molar-refractivity contribution in [2.45, 2.75) is 19.9 Å². The molecule has 0 spiro atoms. The lowest BCUT2D eigenvalue weighted by Crippen LogP contribution is -2.30. The quantitative estimate of drug-likeness (QED) is 0.737. The lowest BCUT2D eigenvalue weighted by molar-refractivity contribution is 0.286. The van der Waals surface area contributed by atoms with Gasteiger partial charge in [0.15, 0.2) is 0 Å². The monoisotopic (exact) mass is 333 g/mol. The molecule has 1 aliphatic heterocycles. The van der Waals surface area contributed by atoms with Crippen LogP contribution in [0.3, 0.4) is 0 Å². The molecule has 1 fully saturated rings. The number of hydrogen-bond donors (Lipinski definition) is 0. The van der Waals surface area contributed by atoms with Crippen molar-refractivity contribution in [3.63, 3.8) is 0 Å². The Bertz CT molecular complexity index is 858. The summed E-state index contributed by atoms with van der Waals surface area (Å²) in [6.45, 7) is 7.28. The Hall–Kier alpha value is -2.53. The molecule has 1 aromatic carbocycles. The van der Waals surface area contributed by atoms with E-state index in [2.05, 4.69) is 55.9 Å². The molecular formula is C20H23N5. The van der Waals surface area contributed by atoms with Gasteiger partial charge in [0.2, 0.25) is 0 Å². The van der Waals surface area contributed by atoms with Crippen LogP contribution in [-0.4, -0.2) is 46.0 Å². The fraction of sp³-hybridized carbons (Fsp3) is 0.350. The minimum absolute atomic E-state index is 0.930. The summed E-state index contributed by atoms with van der Waals surface area (Å²) < 4.78 is 0. The van der Waals surface area contributed by atoms with Crippen LogP contribution >= 0.6 is 0 Å².